The first-order valence-corrected chi connectivity index (χ1v) is 19.2. The largest absolute Gasteiger partial charge is 0.417 e. The molecule has 0 unspecified atom stereocenters. The van der Waals surface area contributed by atoms with Crippen molar-refractivity contribution in [2.24, 2.45) is 0 Å². The van der Waals surface area contributed by atoms with Crippen LogP contribution in [0.2, 0.25) is 0 Å². The molecule has 10 rings (SSSR count). The van der Waals surface area contributed by atoms with E-state index in [1.807, 2.05) is 73.7 Å². The van der Waals surface area contributed by atoms with Crippen molar-refractivity contribution in [1.82, 2.24) is 9.13 Å². The molecule has 0 spiro atoms. The van der Waals surface area contributed by atoms with Crippen molar-refractivity contribution in [2.75, 3.05) is 0 Å². The van der Waals surface area contributed by atoms with Crippen LogP contribution in [-0.4, -0.2) is 9.13 Å². The highest BCUT2D eigenvalue weighted by atomic mass is 19.4. The lowest BCUT2D eigenvalue weighted by atomic mass is 9.94. The van der Waals surface area contributed by atoms with Gasteiger partial charge >= 0.3 is 6.18 Å². The predicted molar refractivity (Wildman–Crippen MR) is 231 cm³/mol. The third kappa shape index (κ3) is 5.64. The summed E-state index contributed by atoms with van der Waals surface area (Å²) in [5.74, 6) is 0. The maximum Gasteiger partial charge on any atom is 0.417 e. The fraction of sp³-hybridized carbons (Fsp3) is 0.0769. The molecule has 57 heavy (non-hydrogen) atoms. The summed E-state index contributed by atoms with van der Waals surface area (Å²) in [5, 5.41) is 4.26. The average Bonchev–Trinajstić information content (AvgIpc) is 3.73. The normalized spacial score (nSPS) is 12.0. The molecule has 0 N–H and O–H groups in total. The lowest BCUT2D eigenvalue weighted by molar-refractivity contribution is -0.137. The molecule has 0 saturated carbocycles. The smallest absolute Gasteiger partial charge is 0.309 e. The van der Waals surface area contributed by atoms with Crippen LogP contribution in [0.3, 0.4) is 0 Å². The Labute approximate surface area is 328 Å². The summed E-state index contributed by atoms with van der Waals surface area (Å²) in [6.07, 6.45) is -4.57. The molecule has 0 fully saturated rings. The number of aromatic nitrogens is 2. The summed E-state index contributed by atoms with van der Waals surface area (Å²) < 4.78 is 49.5. The van der Waals surface area contributed by atoms with Crippen LogP contribution in [0.5, 0.6) is 0 Å². The molecule has 5 heteroatoms. The summed E-state index contributed by atoms with van der Waals surface area (Å²) in [5.41, 5.74) is 13.0. The van der Waals surface area contributed by atoms with Gasteiger partial charge in [-0.25, -0.2) is 0 Å². The molecule has 0 saturated heterocycles. The van der Waals surface area contributed by atoms with E-state index in [2.05, 4.69) is 108 Å². The van der Waals surface area contributed by atoms with Crippen molar-refractivity contribution >= 4 is 43.6 Å². The number of hydrogen-bond acceptors (Lipinski definition) is 0. The molecule has 0 aliphatic carbocycles. The van der Waals surface area contributed by atoms with Gasteiger partial charge in [-0.05, 0) is 138 Å². The lowest BCUT2D eigenvalue weighted by Crippen LogP contribution is -2.09. The van der Waals surface area contributed by atoms with Crippen LogP contribution in [0.1, 0.15) is 22.3 Å². The van der Waals surface area contributed by atoms with E-state index in [4.69, 9.17) is 0 Å². The van der Waals surface area contributed by atoms with E-state index in [-0.39, 0.29) is 5.56 Å². The number of para-hydroxylation sites is 2. The average molecular weight is 747 g/mol. The third-order valence-electron chi connectivity index (χ3n) is 11.6. The summed E-state index contributed by atoms with van der Waals surface area (Å²) in [6.45, 7) is 6.11. The van der Waals surface area contributed by atoms with Crippen LogP contribution in [0.15, 0.2) is 170 Å². The third-order valence-corrected chi connectivity index (χ3v) is 11.6. The number of rotatable bonds is 5. The van der Waals surface area contributed by atoms with E-state index in [0.29, 0.717) is 11.3 Å². The minimum atomic E-state index is -4.57. The van der Waals surface area contributed by atoms with Crippen LogP contribution in [0.4, 0.5) is 13.2 Å². The van der Waals surface area contributed by atoms with E-state index >= 15 is 13.2 Å². The van der Waals surface area contributed by atoms with Gasteiger partial charge < -0.3 is 9.13 Å². The molecule has 0 aliphatic rings. The minimum absolute atomic E-state index is 0.143. The molecule has 0 aliphatic heterocycles. The summed E-state index contributed by atoms with van der Waals surface area (Å²) in [4.78, 5) is 0. The molecule has 2 heterocycles. The minimum Gasteiger partial charge on any atom is -0.309 e. The fourth-order valence-electron chi connectivity index (χ4n) is 8.81. The van der Waals surface area contributed by atoms with Gasteiger partial charge in [-0.15, -0.1) is 0 Å². The number of nitrogens with zero attached hydrogens (tertiary/aromatic N) is 2. The van der Waals surface area contributed by atoms with Crippen molar-refractivity contribution in [3.05, 3.63) is 192 Å². The first-order valence-electron chi connectivity index (χ1n) is 19.2. The zero-order valence-electron chi connectivity index (χ0n) is 31.7. The van der Waals surface area contributed by atoms with Gasteiger partial charge in [-0.1, -0.05) is 103 Å². The Morgan fingerprint density at radius 3 is 1.28 bits per heavy atom. The SMILES string of the molecule is Cc1ccccc1-c1ccc2c(c1)c1ccccc1n2-c1ccc(C)c(-c2cc(-n3c4ccccc4c4cc(-c5ccccc5C)ccc43)ccc2C(F)(F)F)c1. The monoisotopic (exact) mass is 746 g/mol. The second-order valence-corrected chi connectivity index (χ2v) is 15.0. The number of aryl methyl sites for hydroxylation is 3. The van der Waals surface area contributed by atoms with Gasteiger partial charge in [0, 0.05) is 32.9 Å². The second-order valence-electron chi connectivity index (χ2n) is 15.0. The van der Waals surface area contributed by atoms with E-state index in [9.17, 15) is 0 Å². The van der Waals surface area contributed by atoms with Gasteiger partial charge in [-0.3, -0.25) is 0 Å². The van der Waals surface area contributed by atoms with Crippen LogP contribution in [0.25, 0.3) is 88.4 Å². The molecule has 276 valence electrons. The molecule has 0 atom stereocenters. The number of benzene rings is 8. The van der Waals surface area contributed by atoms with Gasteiger partial charge in [0.05, 0.1) is 27.6 Å². The number of fused-ring (bicyclic) bond motifs is 6. The van der Waals surface area contributed by atoms with E-state index in [1.54, 1.807) is 12.1 Å². The molecule has 0 radical (unpaired) electrons. The lowest BCUT2D eigenvalue weighted by Gasteiger charge is -2.19. The van der Waals surface area contributed by atoms with Crippen LogP contribution in [0, 0.1) is 20.8 Å². The number of hydrogen-bond donors (Lipinski definition) is 0. The maximum atomic E-state index is 15.1. The highest BCUT2D eigenvalue weighted by Gasteiger charge is 2.34. The first-order chi connectivity index (χ1) is 27.7. The maximum absolute atomic E-state index is 15.1. The van der Waals surface area contributed by atoms with Crippen LogP contribution in [-0.2, 0) is 6.18 Å². The molecule has 10 aromatic rings. The molecular formula is C52H37F3N2. The Morgan fingerprint density at radius 1 is 0.351 bits per heavy atom. The van der Waals surface area contributed by atoms with Crippen molar-refractivity contribution < 1.29 is 13.2 Å². The van der Waals surface area contributed by atoms with E-state index in [1.165, 1.54) is 22.8 Å². The van der Waals surface area contributed by atoms with Gasteiger partial charge in [0.1, 0.15) is 0 Å². The quantitative estimate of drug-likeness (QED) is 0.166. The molecular weight excluding hydrogens is 710 g/mol. The van der Waals surface area contributed by atoms with Crippen molar-refractivity contribution in [3.8, 4) is 44.8 Å². The van der Waals surface area contributed by atoms with Gasteiger partial charge in [0.2, 0.25) is 0 Å². The van der Waals surface area contributed by atoms with Crippen LogP contribution >= 0.6 is 0 Å². The first kappa shape index (κ1) is 34.6. The molecule has 0 bridgehead atoms. The van der Waals surface area contributed by atoms with Crippen LogP contribution < -0.4 is 0 Å². The van der Waals surface area contributed by atoms with Crippen molar-refractivity contribution in [2.45, 2.75) is 26.9 Å². The second kappa shape index (κ2) is 13.1. The zero-order chi connectivity index (χ0) is 39.0. The Balaban J connectivity index is 1.17. The van der Waals surface area contributed by atoms with Gasteiger partial charge in [0.15, 0.2) is 0 Å². The molecule has 2 nitrogen and oxygen atoms in total. The summed E-state index contributed by atoms with van der Waals surface area (Å²) >= 11 is 0. The predicted octanol–water partition coefficient (Wildman–Crippen LogP) is 14.8. The molecule has 8 aromatic carbocycles. The highest BCUT2D eigenvalue weighted by Crippen LogP contribution is 2.43. The zero-order valence-corrected chi connectivity index (χ0v) is 31.7. The Kier molecular flexibility index (Phi) is 7.98. The number of alkyl halides is 3. The van der Waals surface area contributed by atoms with Gasteiger partial charge in [-0.2, -0.15) is 13.2 Å². The Bertz CT molecular complexity index is 3210. The van der Waals surface area contributed by atoms with Gasteiger partial charge in [0.25, 0.3) is 0 Å². The van der Waals surface area contributed by atoms with E-state index < -0.39 is 11.7 Å². The number of halogens is 3. The fourth-order valence-corrected chi connectivity index (χ4v) is 8.81. The van der Waals surface area contributed by atoms with E-state index in [0.717, 1.165) is 71.6 Å². The van der Waals surface area contributed by atoms with Crippen molar-refractivity contribution in [1.29, 1.82) is 0 Å². The Morgan fingerprint density at radius 2 is 0.772 bits per heavy atom. The summed E-state index contributed by atoms with van der Waals surface area (Å²) in [6, 6.07) is 56.3. The Hall–Kier alpha value is -6.85. The summed E-state index contributed by atoms with van der Waals surface area (Å²) in [7, 11) is 0. The molecule has 0 amide bonds. The van der Waals surface area contributed by atoms with Crippen molar-refractivity contribution in [3.63, 3.8) is 0 Å². The highest BCUT2D eigenvalue weighted by molar-refractivity contribution is 6.12. The molecule has 2 aromatic heterocycles. The topological polar surface area (TPSA) is 9.86 Å². The standard InChI is InChI=1S/C52H37F3N2/c1-32-12-4-6-14-39(32)35-21-26-50-45(28-35)41-16-8-10-18-48(41)56(50)37-23-20-34(3)43(30-37)44-31-38(24-25-47(44)52(53,54)55)57-49-19-11-9-17-42(49)46-29-36(22-27-51(46)57)40-15-7-5-13-33(40)2/h4-31H,1-3H3.